The Morgan fingerprint density at radius 1 is 1.05 bits per heavy atom. The van der Waals surface area contributed by atoms with Crippen molar-refractivity contribution in [2.45, 2.75) is 13.0 Å². The Kier molecular flexibility index (Phi) is 6.94. The molecule has 1 atom stereocenters. The van der Waals surface area contributed by atoms with Gasteiger partial charge in [0, 0.05) is 33.7 Å². The van der Waals surface area contributed by atoms with Gasteiger partial charge in [-0.1, -0.05) is 41.9 Å². The average molecular weight is 530 g/mol. The number of thiocarbonyl (C=S) groups is 1. The van der Waals surface area contributed by atoms with Gasteiger partial charge in [0.15, 0.2) is 5.11 Å². The Bertz CT molecular complexity index is 1480. The number of halogens is 1. The van der Waals surface area contributed by atoms with Crippen molar-refractivity contribution in [1.82, 2.24) is 20.4 Å². The highest BCUT2D eigenvalue weighted by Gasteiger charge is 2.33. The lowest BCUT2D eigenvalue weighted by atomic mass is 9.93. The molecule has 0 saturated heterocycles. The van der Waals surface area contributed by atoms with Crippen molar-refractivity contribution in [3.05, 3.63) is 107 Å². The first-order valence-corrected chi connectivity index (χ1v) is 12.4. The summed E-state index contributed by atoms with van der Waals surface area (Å²) in [4.78, 5) is 13.6. The molecule has 7 nitrogen and oxygen atoms in total. The molecule has 4 aromatic rings. The first kappa shape index (κ1) is 24.5. The number of hydrogen-bond donors (Lipinski definition) is 3. The monoisotopic (exact) mass is 529 g/mol. The lowest BCUT2D eigenvalue weighted by Gasteiger charge is -2.30. The van der Waals surface area contributed by atoms with Crippen LogP contribution in [0.3, 0.4) is 0 Å². The van der Waals surface area contributed by atoms with Gasteiger partial charge in [-0.25, -0.2) is 4.68 Å². The molecule has 9 heteroatoms. The van der Waals surface area contributed by atoms with E-state index in [4.69, 9.17) is 33.7 Å². The fourth-order valence-electron chi connectivity index (χ4n) is 4.24. The lowest BCUT2D eigenvalue weighted by molar-refractivity contribution is -0.113. The van der Waals surface area contributed by atoms with Gasteiger partial charge in [-0.2, -0.15) is 5.10 Å². The van der Waals surface area contributed by atoms with Gasteiger partial charge in [0.2, 0.25) is 0 Å². The second-order valence-corrected chi connectivity index (χ2v) is 9.32. The molecular weight excluding hydrogens is 506 g/mol. The van der Waals surface area contributed by atoms with Gasteiger partial charge in [-0.3, -0.25) is 4.79 Å². The average Bonchev–Trinajstić information content (AvgIpc) is 3.35. The molecular formula is C28H24ClN5O2S. The number of anilines is 1. The Morgan fingerprint density at radius 3 is 2.43 bits per heavy atom. The number of carbonyl (C=O) groups excluding carboxylic acids is 1. The Hall–Kier alpha value is -4.14. The number of nitrogens with zero attached hydrogens (tertiary/aromatic N) is 2. The van der Waals surface area contributed by atoms with E-state index in [0.29, 0.717) is 38.5 Å². The second kappa shape index (κ2) is 10.5. The zero-order chi connectivity index (χ0) is 25.9. The van der Waals surface area contributed by atoms with E-state index in [1.807, 2.05) is 67.7 Å². The van der Waals surface area contributed by atoms with Crippen LogP contribution in [0.15, 0.2) is 96.3 Å². The smallest absolute Gasteiger partial charge is 0.255 e. The van der Waals surface area contributed by atoms with E-state index < -0.39 is 6.04 Å². The van der Waals surface area contributed by atoms with Crippen molar-refractivity contribution < 1.29 is 9.53 Å². The van der Waals surface area contributed by atoms with Crippen LogP contribution in [0.2, 0.25) is 5.02 Å². The number of allylic oxidation sites excluding steroid dienone is 1. The van der Waals surface area contributed by atoms with Crippen molar-refractivity contribution in [3.8, 4) is 22.7 Å². The van der Waals surface area contributed by atoms with Crippen LogP contribution in [0.5, 0.6) is 5.75 Å². The van der Waals surface area contributed by atoms with E-state index in [-0.39, 0.29) is 5.91 Å². The summed E-state index contributed by atoms with van der Waals surface area (Å²) in [6.07, 6.45) is 1.93. The van der Waals surface area contributed by atoms with Crippen LogP contribution in [-0.4, -0.2) is 27.9 Å². The third kappa shape index (κ3) is 5.21. The Morgan fingerprint density at radius 2 is 1.76 bits per heavy atom. The van der Waals surface area contributed by atoms with E-state index in [1.165, 1.54) is 0 Å². The SMILES string of the molecule is COc1ccc(NC(=O)C2=C(C)NC(=S)NC2c2cn(-c3ccccc3)nc2-c2ccc(Cl)cc2)cc1. The van der Waals surface area contributed by atoms with Gasteiger partial charge < -0.3 is 20.7 Å². The summed E-state index contributed by atoms with van der Waals surface area (Å²) < 4.78 is 7.03. The molecule has 0 radical (unpaired) electrons. The molecule has 3 aromatic carbocycles. The third-order valence-corrected chi connectivity index (χ3v) is 6.53. The molecule has 2 heterocycles. The molecule has 1 aromatic heterocycles. The lowest BCUT2D eigenvalue weighted by Crippen LogP contribution is -2.45. The number of hydrogen-bond acceptors (Lipinski definition) is 4. The maximum atomic E-state index is 13.6. The highest BCUT2D eigenvalue weighted by molar-refractivity contribution is 7.80. The van der Waals surface area contributed by atoms with Crippen molar-refractivity contribution >= 4 is 40.5 Å². The fraction of sp³-hybridized carbons (Fsp3) is 0.107. The number of methoxy groups -OCH3 is 1. The number of rotatable bonds is 6. The minimum absolute atomic E-state index is 0.260. The highest BCUT2D eigenvalue weighted by atomic mass is 35.5. The summed E-state index contributed by atoms with van der Waals surface area (Å²) in [5, 5.41) is 15.3. The Balaban J connectivity index is 1.59. The van der Waals surface area contributed by atoms with Gasteiger partial charge in [0.25, 0.3) is 5.91 Å². The molecule has 0 saturated carbocycles. The number of carbonyl (C=O) groups is 1. The van der Waals surface area contributed by atoms with Crippen LogP contribution in [0, 0.1) is 0 Å². The highest BCUT2D eigenvalue weighted by Crippen LogP contribution is 2.35. The summed E-state index contributed by atoms with van der Waals surface area (Å²) >= 11 is 11.6. The zero-order valence-electron chi connectivity index (χ0n) is 20.2. The van der Waals surface area contributed by atoms with Gasteiger partial charge in [0.1, 0.15) is 5.75 Å². The zero-order valence-corrected chi connectivity index (χ0v) is 21.7. The van der Waals surface area contributed by atoms with Gasteiger partial charge >= 0.3 is 0 Å². The number of nitrogens with one attached hydrogen (secondary N) is 3. The first-order chi connectivity index (χ1) is 17.9. The van der Waals surface area contributed by atoms with E-state index >= 15 is 0 Å². The number of aromatic nitrogens is 2. The molecule has 0 fully saturated rings. The van der Waals surface area contributed by atoms with Gasteiger partial charge in [-0.05, 0) is 67.7 Å². The fourth-order valence-corrected chi connectivity index (χ4v) is 4.64. The van der Waals surface area contributed by atoms with Crippen LogP contribution >= 0.6 is 23.8 Å². The van der Waals surface area contributed by atoms with E-state index in [9.17, 15) is 4.79 Å². The minimum Gasteiger partial charge on any atom is -0.497 e. The number of para-hydroxylation sites is 1. The van der Waals surface area contributed by atoms with E-state index in [0.717, 1.165) is 16.8 Å². The number of benzene rings is 3. The van der Waals surface area contributed by atoms with Crippen molar-refractivity contribution in [3.63, 3.8) is 0 Å². The minimum atomic E-state index is -0.546. The molecule has 37 heavy (non-hydrogen) atoms. The second-order valence-electron chi connectivity index (χ2n) is 8.47. The van der Waals surface area contributed by atoms with Crippen LogP contribution in [0.1, 0.15) is 18.5 Å². The summed E-state index contributed by atoms with van der Waals surface area (Å²) in [5.74, 6) is 0.447. The molecule has 1 aliphatic heterocycles. The molecule has 186 valence electrons. The molecule has 3 N–H and O–H groups in total. The molecule has 0 aliphatic carbocycles. The maximum absolute atomic E-state index is 13.6. The maximum Gasteiger partial charge on any atom is 0.255 e. The standard InChI is InChI=1S/C28H24ClN5O2S/c1-17-24(27(35)31-20-12-14-22(36-2)15-13-20)26(32-28(37)30-17)23-16-34(21-6-4-3-5-7-21)33-25(23)18-8-10-19(29)11-9-18/h3-16,26H,1-2H3,(H,31,35)(H2,30,32,37). The first-order valence-electron chi connectivity index (χ1n) is 11.6. The van der Waals surface area contributed by atoms with Crippen molar-refractivity contribution in [1.29, 1.82) is 0 Å². The normalized spacial score (nSPS) is 15.1. The van der Waals surface area contributed by atoms with Gasteiger partial charge in [-0.15, -0.1) is 0 Å². The van der Waals surface area contributed by atoms with Crippen molar-refractivity contribution in [2.24, 2.45) is 0 Å². The van der Waals surface area contributed by atoms with Gasteiger partial charge in [0.05, 0.1) is 30.1 Å². The summed E-state index contributed by atoms with van der Waals surface area (Å²) in [6, 6.07) is 23.9. The Labute approximate surface area is 225 Å². The predicted molar refractivity (Wildman–Crippen MR) is 150 cm³/mol. The molecule has 5 rings (SSSR count). The summed E-state index contributed by atoms with van der Waals surface area (Å²) in [6.45, 7) is 1.84. The molecule has 0 spiro atoms. The molecule has 0 bridgehead atoms. The van der Waals surface area contributed by atoms with Crippen molar-refractivity contribution in [2.75, 3.05) is 12.4 Å². The number of ether oxygens (including phenoxy) is 1. The van der Waals surface area contributed by atoms with Crippen LogP contribution in [0.25, 0.3) is 16.9 Å². The van der Waals surface area contributed by atoms with Crippen LogP contribution in [0.4, 0.5) is 5.69 Å². The quantitative estimate of drug-likeness (QED) is 0.281. The largest absolute Gasteiger partial charge is 0.497 e. The number of amides is 1. The molecule has 1 aliphatic rings. The molecule has 1 amide bonds. The van der Waals surface area contributed by atoms with Crippen LogP contribution < -0.4 is 20.7 Å². The van der Waals surface area contributed by atoms with E-state index in [1.54, 1.807) is 36.1 Å². The van der Waals surface area contributed by atoms with Crippen LogP contribution in [-0.2, 0) is 4.79 Å². The van der Waals surface area contributed by atoms with E-state index in [2.05, 4.69) is 16.0 Å². The third-order valence-electron chi connectivity index (χ3n) is 6.05. The predicted octanol–water partition coefficient (Wildman–Crippen LogP) is 5.63. The molecule has 1 unspecified atom stereocenters. The topological polar surface area (TPSA) is 80.2 Å². The summed E-state index contributed by atoms with van der Waals surface area (Å²) in [5.41, 5.74) is 5.09. The summed E-state index contributed by atoms with van der Waals surface area (Å²) in [7, 11) is 1.60.